The molecule has 0 radical (unpaired) electrons. The number of rotatable bonds is 3. The molecule has 2 rings (SSSR count). The first-order chi connectivity index (χ1) is 8.58. The summed E-state index contributed by atoms with van der Waals surface area (Å²) < 4.78 is 2.10. The molecule has 1 aromatic carbocycles. The molecule has 0 fully saturated rings. The molecule has 3 heteroatoms. The smallest absolute Gasteiger partial charge is 0.0707 e. The molecule has 2 aromatic rings. The van der Waals surface area contributed by atoms with Crippen molar-refractivity contribution in [1.29, 1.82) is 0 Å². The van der Waals surface area contributed by atoms with Crippen LogP contribution in [0.15, 0.2) is 18.3 Å². The van der Waals surface area contributed by atoms with Crippen molar-refractivity contribution in [2.24, 2.45) is 0 Å². The highest BCUT2D eigenvalue weighted by atomic mass is 79.9. The van der Waals surface area contributed by atoms with E-state index in [4.69, 9.17) is 0 Å². The zero-order valence-corrected chi connectivity index (χ0v) is 13.0. The zero-order valence-electron chi connectivity index (χ0n) is 11.4. The Morgan fingerprint density at radius 1 is 1.17 bits per heavy atom. The van der Waals surface area contributed by atoms with Crippen LogP contribution in [0.2, 0.25) is 0 Å². The maximum atomic E-state index is 4.57. The van der Waals surface area contributed by atoms with Gasteiger partial charge < -0.3 is 0 Å². The molecule has 2 nitrogen and oxygen atoms in total. The third-order valence-electron chi connectivity index (χ3n) is 3.28. The lowest BCUT2D eigenvalue weighted by atomic mass is 10.0. The van der Waals surface area contributed by atoms with E-state index in [0.717, 1.165) is 11.8 Å². The summed E-state index contributed by atoms with van der Waals surface area (Å²) >= 11 is 3.53. The summed E-state index contributed by atoms with van der Waals surface area (Å²) in [4.78, 5) is 0. The SMILES string of the molecule is CCc1c(CBr)cnn1-c1c(C)cc(C)cc1C. The average Bonchev–Trinajstić information content (AvgIpc) is 2.70. The Hall–Kier alpha value is -1.09. The molecule has 0 atom stereocenters. The molecular formula is C15H19BrN2. The van der Waals surface area contributed by atoms with Crippen LogP contribution in [0.25, 0.3) is 5.69 Å². The van der Waals surface area contributed by atoms with Crippen molar-refractivity contribution in [3.8, 4) is 5.69 Å². The highest BCUT2D eigenvalue weighted by Gasteiger charge is 2.13. The van der Waals surface area contributed by atoms with Gasteiger partial charge in [0.2, 0.25) is 0 Å². The Labute approximate surface area is 117 Å². The molecule has 0 amide bonds. The fraction of sp³-hybridized carbons (Fsp3) is 0.400. The van der Waals surface area contributed by atoms with Gasteiger partial charge in [-0.1, -0.05) is 40.5 Å². The number of aromatic nitrogens is 2. The molecule has 0 aliphatic rings. The number of hydrogen-bond acceptors (Lipinski definition) is 1. The number of nitrogens with zero attached hydrogens (tertiary/aromatic N) is 2. The fourth-order valence-electron chi connectivity index (χ4n) is 2.60. The third kappa shape index (κ3) is 2.24. The van der Waals surface area contributed by atoms with E-state index in [0.29, 0.717) is 0 Å². The monoisotopic (exact) mass is 306 g/mol. The van der Waals surface area contributed by atoms with Gasteiger partial charge in [-0.25, -0.2) is 4.68 Å². The van der Waals surface area contributed by atoms with E-state index in [1.165, 1.54) is 33.6 Å². The predicted molar refractivity (Wildman–Crippen MR) is 79.8 cm³/mol. The third-order valence-corrected chi connectivity index (χ3v) is 3.89. The molecule has 0 saturated heterocycles. The molecule has 0 saturated carbocycles. The first-order valence-corrected chi connectivity index (χ1v) is 7.40. The summed E-state index contributed by atoms with van der Waals surface area (Å²) in [6.45, 7) is 8.63. The molecule has 0 aliphatic carbocycles. The first-order valence-electron chi connectivity index (χ1n) is 6.28. The summed E-state index contributed by atoms with van der Waals surface area (Å²) in [6.07, 6.45) is 2.96. The molecule has 1 heterocycles. The van der Waals surface area contributed by atoms with Gasteiger partial charge in [0.1, 0.15) is 0 Å². The van der Waals surface area contributed by atoms with E-state index in [1.807, 2.05) is 6.20 Å². The summed E-state index contributed by atoms with van der Waals surface area (Å²) in [6, 6.07) is 4.44. The topological polar surface area (TPSA) is 17.8 Å². The van der Waals surface area contributed by atoms with Gasteiger partial charge in [-0.15, -0.1) is 0 Å². The van der Waals surface area contributed by atoms with Gasteiger partial charge in [-0.3, -0.25) is 0 Å². The molecule has 18 heavy (non-hydrogen) atoms. The van der Waals surface area contributed by atoms with Crippen LogP contribution >= 0.6 is 15.9 Å². The molecule has 0 aliphatic heterocycles. The lowest BCUT2D eigenvalue weighted by Gasteiger charge is -2.14. The Bertz CT molecular complexity index is 547. The second kappa shape index (κ2) is 5.27. The molecule has 0 unspecified atom stereocenters. The highest BCUT2D eigenvalue weighted by molar-refractivity contribution is 9.08. The average molecular weight is 307 g/mol. The van der Waals surface area contributed by atoms with Gasteiger partial charge in [0.25, 0.3) is 0 Å². The van der Waals surface area contributed by atoms with Gasteiger partial charge in [-0.2, -0.15) is 5.10 Å². The molecule has 0 N–H and O–H groups in total. The van der Waals surface area contributed by atoms with Crippen LogP contribution in [0.3, 0.4) is 0 Å². The second-order valence-corrected chi connectivity index (χ2v) is 5.32. The van der Waals surface area contributed by atoms with Crippen LogP contribution < -0.4 is 0 Å². The maximum absolute atomic E-state index is 4.57. The van der Waals surface area contributed by atoms with E-state index >= 15 is 0 Å². The quantitative estimate of drug-likeness (QED) is 0.775. The van der Waals surface area contributed by atoms with Gasteiger partial charge in [0, 0.05) is 16.6 Å². The van der Waals surface area contributed by atoms with E-state index in [1.54, 1.807) is 0 Å². The molecular weight excluding hydrogens is 288 g/mol. The normalized spacial score (nSPS) is 10.9. The van der Waals surface area contributed by atoms with Crippen LogP contribution in [-0.2, 0) is 11.8 Å². The van der Waals surface area contributed by atoms with Crippen molar-refractivity contribution < 1.29 is 0 Å². The minimum Gasteiger partial charge on any atom is -0.237 e. The van der Waals surface area contributed by atoms with E-state index in [-0.39, 0.29) is 0 Å². The van der Waals surface area contributed by atoms with Crippen molar-refractivity contribution in [2.45, 2.75) is 39.4 Å². The second-order valence-electron chi connectivity index (χ2n) is 4.76. The van der Waals surface area contributed by atoms with E-state index < -0.39 is 0 Å². The number of hydrogen-bond donors (Lipinski definition) is 0. The largest absolute Gasteiger partial charge is 0.237 e. The zero-order chi connectivity index (χ0) is 13.3. The van der Waals surface area contributed by atoms with Crippen molar-refractivity contribution in [3.63, 3.8) is 0 Å². The Morgan fingerprint density at radius 3 is 2.28 bits per heavy atom. The van der Waals surface area contributed by atoms with Crippen molar-refractivity contribution >= 4 is 15.9 Å². The van der Waals surface area contributed by atoms with Crippen molar-refractivity contribution in [2.75, 3.05) is 0 Å². The maximum Gasteiger partial charge on any atom is 0.0707 e. The number of aryl methyl sites for hydroxylation is 3. The number of halogens is 1. The molecule has 0 spiro atoms. The molecule has 1 aromatic heterocycles. The Balaban J connectivity index is 2.66. The Morgan fingerprint density at radius 2 is 1.78 bits per heavy atom. The molecule has 0 bridgehead atoms. The summed E-state index contributed by atoms with van der Waals surface area (Å²) in [5.41, 5.74) is 7.67. The number of alkyl halides is 1. The van der Waals surface area contributed by atoms with E-state index in [9.17, 15) is 0 Å². The van der Waals surface area contributed by atoms with Gasteiger partial charge in [0.15, 0.2) is 0 Å². The summed E-state index contributed by atoms with van der Waals surface area (Å²) in [5.74, 6) is 0. The van der Waals surface area contributed by atoms with Gasteiger partial charge >= 0.3 is 0 Å². The van der Waals surface area contributed by atoms with Crippen LogP contribution in [-0.4, -0.2) is 9.78 Å². The molecule has 96 valence electrons. The minimum absolute atomic E-state index is 0.861. The lowest BCUT2D eigenvalue weighted by molar-refractivity contribution is 0.800. The number of benzene rings is 1. The van der Waals surface area contributed by atoms with Crippen molar-refractivity contribution in [3.05, 3.63) is 46.3 Å². The Kier molecular flexibility index (Phi) is 3.91. The predicted octanol–water partition coefficient (Wildman–Crippen LogP) is 4.25. The van der Waals surface area contributed by atoms with Gasteiger partial charge in [0.05, 0.1) is 11.9 Å². The lowest BCUT2D eigenvalue weighted by Crippen LogP contribution is -2.06. The van der Waals surface area contributed by atoms with Crippen molar-refractivity contribution in [1.82, 2.24) is 9.78 Å². The van der Waals surface area contributed by atoms with Crippen LogP contribution in [0, 0.1) is 20.8 Å². The van der Waals surface area contributed by atoms with Crippen LogP contribution in [0.5, 0.6) is 0 Å². The minimum atomic E-state index is 0.861. The fourth-order valence-corrected chi connectivity index (χ4v) is 3.06. The standard InChI is InChI=1S/C15H19BrN2/c1-5-14-13(8-16)9-17-18(14)15-11(3)6-10(2)7-12(15)4/h6-7,9H,5,8H2,1-4H3. The van der Waals surface area contributed by atoms with Crippen LogP contribution in [0.4, 0.5) is 0 Å². The van der Waals surface area contributed by atoms with Crippen LogP contribution in [0.1, 0.15) is 34.9 Å². The van der Waals surface area contributed by atoms with Gasteiger partial charge in [-0.05, 0) is 38.3 Å². The first kappa shape index (κ1) is 13.3. The summed E-state index contributed by atoms with van der Waals surface area (Å²) in [5, 5.41) is 5.43. The summed E-state index contributed by atoms with van der Waals surface area (Å²) in [7, 11) is 0. The highest BCUT2D eigenvalue weighted by Crippen LogP contribution is 2.24. The van der Waals surface area contributed by atoms with E-state index in [2.05, 4.69) is 65.5 Å².